The summed E-state index contributed by atoms with van der Waals surface area (Å²) in [6.45, 7) is 9.53. The summed E-state index contributed by atoms with van der Waals surface area (Å²) < 4.78 is 11.3. The number of benzene rings is 2. The summed E-state index contributed by atoms with van der Waals surface area (Å²) in [4.78, 5) is 52.8. The third-order valence-electron chi connectivity index (χ3n) is 7.19. The number of carbonyl (C=O) groups excluding carboxylic acids is 3. The number of hydrogen-bond acceptors (Lipinski definition) is 9. The van der Waals surface area contributed by atoms with Gasteiger partial charge in [-0.15, -0.1) is 0 Å². The van der Waals surface area contributed by atoms with Crippen molar-refractivity contribution in [2.24, 2.45) is 0 Å². The van der Waals surface area contributed by atoms with Gasteiger partial charge in [-0.25, -0.2) is 14.6 Å². The zero-order chi connectivity index (χ0) is 32.6. The predicted octanol–water partition coefficient (Wildman–Crippen LogP) is 6.26. The first-order chi connectivity index (χ1) is 21.4. The van der Waals surface area contributed by atoms with E-state index in [0.29, 0.717) is 37.0 Å². The van der Waals surface area contributed by atoms with Crippen LogP contribution in [-0.4, -0.2) is 70.6 Å². The van der Waals surface area contributed by atoms with Gasteiger partial charge in [-0.2, -0.15) is 4.98 Å². The maximum absolute atomic E-state index is 13.6. The van der Waals surface area contributed by atoms with E-state index in [-0.39, 0.29) is 24.9 Å². The minimum Gasteiger partial charge on any atom is -0.458 e. The first-order valence-electron chi connectivity index (χ1n) is 15.1. The lowest BCUT2D eigenvalue weighted by Gasteiger charge is -2.28. The molecule has 1 aliphatic rings. The van der Waals surface area contributed by atoms with Crippen LogP contribution in [-0.2, 0) is 22.5 Å². The number of rotatable bonds is 11. The Labute approximate surface area is 269 Å². The second kappa shape index (κ2) is 15.1. The van der Waals surface area contributed by atoms with E-state index in [1.165, 1.54) is 11.1 Å². The van der Waals surface area contributed by atoms with Crippen LogP contribution in [0.1, 0.15) is 51.7 Å². The molecule has 0 unspecified atom stereocenters. The molecule has 3 aromatic rings. The molecular formula is C33H41ClN6O5. The van der Waals surface area contributed by atoms with Crippen molar-refractivity contribution >= 4 is 46.5 Å². The van der Waals surface area contributed by atoms with Crippen molar-refractivity contribution in [2.75, 3.05) is 41.8 Å². The first kappa shape index (κ1) is 33.5. The van der Waals surface area contributed by atoms with E-state index in [1.54, 1.807) is 49.9 Å². The number of nitrogens with zero attached hydrogens (tertiary/aromatic N) is 5. The van der Waals surface area contributed by atoms with Gasteiger partial charge >= 0.3 is 17.4 Å². The topological polar surface area (TPSA) is 117 Å². The average Bonchev–Trinajstić information content (AvgIpc) is 3.55. The molecule has 0 bridgehead atoms. The Morgan fingerprint density at radius 3 is 2.29 bits per heavy atom. The fourth-order valence-corrected chi connectivity index (χ4v) is 4.88. The number of carbonyl (C=O) groups is 3. The van der Waals surface area contributed by atoms with Crippen LogP contribution in [0.2, 0.25) is 0 Å². The molecule has 0 aliphatic carbocycles. The number of hydrogen-bond donors (Lipinski definition) is 1. The Balaban J connectivity index is 1.65. The van der Waals surface area contributed by atoms with Crippen LogP contribution in [0.4, 0.5) is 27.0 Å². The molecule has 0 spiro atoms. The van der Waals surface area contributed by atoms with Crippen molar-refractivity contribution in [1.29, 1.82) is 0 Å². The molecule has 1 N–H and O–H groups in total. The molecule has 2 aromatic carbocycles. The number of nitrogens with one attached hydrogen (secondary N) is 1. The van der Waals surface area contributed by atoms with Crippen molar-refractivity contribution < 1.29 is 23.9 Å². The van der Waals surface area contributed by atoms with Gasteiger partial charge in [0.05, 0.1) is 12.7 Å². The van der Waals surface area contributed by atoms with Crippen LogP contribution in [0.15, 0.2) is 60.8 Å². The number of amides is 2. The number of esters is 1. The van der Waals surface area contributed by atoms with Gasteiger partial charge in [0, 0.05) is 33.1 Å². The second-order valence-corrected chi connectivity index (χ2v) is 12.2. The highest BCUT2D eigenvalue weighted by Gasteiger charge is 2.29. The van der Waals surface area contributed by atoms with Crippen LogP contribution in [0, 0.1) is 0 Å². The van der Waals surface area contributed by atoms with Gasteiger partial charge in [-0.1, -0.05) is 42.5 Å². The van der Waals surface area contributed by atoms with Crippen molar-refractivity contribution in [3.05, 3.63) is 71.9 Å². The van der Waals surface area contributed by atoms with Gasteiger partial charge in [0.15, 0.2) is 5.82 Å². The van der Waals surface area contributed by atoms with E-state index < -0.39 is 23.0 Å². The summed E-state index contributed by atoms with van der Waals surface area (Å²) in [6.07, 6.45) is 3.31. The van der Waals surface area contributed by atoms with Crippen LogP contribution in [0.25, 0.3) is 0 Å². The number of likely N-dealkylation sites (tertiary alicyclic amines) is 1. The quantitative estimate of drug-likeness (QED) is 0.148. The predicted molar refractivity (Wildman–Crippen MR) is 175 cm³/mol. The van der Waals surface area contributed by atoms with Crippen molar-refractivity contribution in [3.63, 3.8) is 0 Å². The molecule has 1 aliphatic heterocycles. The van der Waals surface area contributed by atoms with E-state index in [9.17, 15) is 14.4 Å². The molecule has 45 heavy (non-hydrogen) atoms. The lowest BCUT2D eigenvalue weighted by Crippen LogP contribution is -2.39. The van der Waals surface area contributed by atoms with Gasteiger partial charge in [0.1, 0.15) is 23.1 Å². The fraction of sp³-hybridized carbons (Fsp3) is 0.424. The zero-order valence-electron chi connectivity index (χ0n) is 26.5. The smallest absolute Gasteiger partial charge is 0.415 e. The Bertz CT molecular complexity index is 1460. The first-order valence-corrected chi connectivity index (χ1v) is 15.5. The van der Waals surface area contributed by atoms with Gasteiger partial charge in [-0.05, 0) is 75.4 Å². The van der Waals surface area contributed by atoms with Crippen molar-refractivity contribution in [1.82, 2.24) is 14.9 Å². The van der Waals surface area contributed by atoms with Crippen molar-refractivity contribution in [3.8, 4) is 5.75 Å². The highest BCUT2D eigenvalue weighted by Crippen LogP contribution is 2.30. The molecule has 12 heteroatoms. The highest BCUT2D eigenvalue weighted by molar-refractivity contribution is 6.66. The SMILES string of the molecule is CCN(C)c1ncc(N(Cc2ccccc2)C(=O)Cl)c(N[C@@H](Cc2ccc(OC(=O)N3CCCC3)cc2)C(=O)OC(C)(C)C)n1. The molecule has 2 amide bonds. The molecule has 4 rings (SSSR count). The van der Waals surface area contributed by atoms with E-state index in [4.69, 9.17) is 26.1 Å². The summed E-state index contributed by atoms with van der Waals surface area (Å²) in [5.74, 6) is 0.559. The Morgan fingerprint density at radius 2 is 1.69 bits per heavy atom. The average molecular weight is 637 g/mol. The third kappa shape index (κ3) is 9.55. The Morgan fingerprint density at radius 1 is 1.02 bits per heavy atom. The van der Waals surface area contributed by atoms with Gasteiger partial charge in [-0.3, -0.25) is 9.69 Å². The standard InChI is InChI=1S/C33H41ClN6O5/c1-6-38(5)31-35-21-27(40(30(34)42)22-24-12-8-7-9-13-24)28(37-31)36-26(29(41)45-33(2,3)4)20-23-14-16-25(17-15-23)44-32(43)39-18-10-11-19-39/h7-9,12-17,21,26H,6,10-11,18-20,22H2,1-5H3,(H,35,36,37)/t26-/m0/s1. The van der Waals surface area contributed by atoms with E-state index in [1.807, 2.05) is 49.2 Å². The van der Waals surface area contributed by atoms with Gasteiger partial charge < -0.3 is 24.6 Å². The maximum Gasteiger partial charge on any atom is 0.415 e. The van der Waals surface area contributed by atoms with Crippen molar-refractivity contribution in [2.45, 2.75) is 65.1 Å². The highest BCUT2D eigenvalue weighted by atomic mass is 35.5. The largest absolute Gasteiger partial charge is 0.458 e. The van der Waals surface area contributed by atoms with E-state index >= 15 is 0 Å². The van der Waals surface area contributed by atoms with Crippen LogP contribution in [0.5, 0.6) is 5.75 Å². The number of anilines is 3. The summed E-state index contributed by atoms with van der Waals surface area (Å²) in [5, 5.41) is 2.52. The summed E-state index contributed by atoms with van der Waals surface area (Å²) in [7, 11) is 1.84. The summed E-state index contributed by atoms with van der Waals surface area (Å²) >= 11 is 6.10. The Kier molecular flexibility index (Phi) is 11.2. The molecule has 1 saturated heterocycles. The molecule has 0 radical (unpaired) electrons. The molecule has 2 heterocycles. The van der Waals surface area contributed by atoms with E-state index in [0.717, 1.165) is 24.0 Å². The molecule has 240 valence electrons. The summed E-state index contributed by atoms with van der Waals surface area (Å²) in [5.41, 5.74) is 1.19. The van der Waals surface area contributed by atoms with Crippen LogP contribution < -0.4 is 19.9 Å². The monoisotopic (exact) mass is 636 g/mol. The zero-order valence-corrected chi connectivity index (χ0v) is 27.2. The summed E-state index contributed by atoms with van der Waals surface area (Å²) in [6, 6.07) is 15.5. The third-order valence-corrected chi connectivity index (χ3v) is 7.40. The lowest BCUT2D eigenvalue weighted by atomic mass is 10.0. The van der Waals surface area contributed by atoms with Crippen LogP contribution >= 0.6 is 11.6 Å². The number of ether oxygens (including phenoxy) is 2. The Hall–Kier alpha value is -4.38. The minimum atomic E-state index is -0.903. The molecule has 1 aromatic heterocycles. The molecule has 1 fully saturated rings. The van der Waals surface area contributed by atoms with Crippen LogP contribution in [0.3, 0.4) is 0 Å². The fourth-order valence-electron chi connectivity index (χ4n) is 4.73. The second-order valence-electron chi connectivity index (χ2n) is 11.9. The van der Waals surface area contributed by atoms with E-state index in [2.05, 4.69) is 10.3 Å². The molecule has 11 nitrogen and oxygen atoms in total. The molecular weight excluding hydrogens is 596 g/mol. The number of aromatic nitrogens is 2. The lowest BCUT2D eigenvalue weighted by molar-refractivity contribution is -0.155. The molecule has 1 atom stereocenters. The number of halogens is 1. The normalized spacial score (nSPS) is 13.6. The molecule has 0 saturated carbocycles. The maximum atomic E-state index is 13.6. The van der Waals surface area contributed by atoms with Gasteiger partial charge in [0.25, 0.3) is 0 Å². The van der Waals surface area contributed by atoms with Gasteiger partial charge in [0.2, 0.25) is 5.95 Å². The minimum absolute atomic E-state index is 0.166.